The molecule has 1 amide bonds. The quantitative estimate of drug-likeness (QED) is 0.257. The summed E-state index contributed by atoms with van der Waals surface area (Å²) in [6.07, 6.45) is -0.617. The monoisotopic (exact) mass is 604 g/mol. The molecule has 0 atom stereocenters. The number of nitrogens with one attached hydrogen (secondary N) is 1. The van der Waals surface area contributed by atoms with Crippen LogP contribution in [-0.4, -0.2) is 43.1 Å². The Morgan fingerprint density at radius 3 is 2.27 bits per heavy atom. The van der Waals surface area contributed by atoms with Gasteiger partial charge in [-0.1, -0.05) is 0 Å². The number of halogens is 5. The highest BCUT2D eigenvalue weighted by atomic mass is 32.2. The molecule has 0 radical (unpaired) electrons. The molecule has 1 aliphatic rings. The number of anilines is 2. The number of hydrogen-bond acceptors (Lipinski definition) is 8. The number of carbonyl (C=O) groups excluding carboxylic acids is 1. The Morgan fingerprint density at radius 1 is 1.07 bits per heavy atom. The molecule has 0 unspecified atom stereocenters. The van der Waals surface area contributed by atoms with E-state index in [1.807, 2.05) is 4.90 Å². The van der Waals surface area contributed by atoms with Crippen LogP contribution in [0.15, 0.2) is 34.0 Å². The number of amides is 1. The number of benzene rings is 2. The van der Waals surface area contributed by atoms with Gasteiger partial charge >= 0.3 is 6.09 Å². The minimum Gasteiger partial charge on any atom is -0.443 e. The molecule has 0 aliphatic carbocycles. The van der Waals surface area contributed by atoms with E-state index in [0.717, 1.165) is 35.3 Å². The first-order valence-electron chi connectivity index (χ1n) is 12.0. The predicted octanol–water partition coefficient (Wildman–Crippen LogP) is 5.79. The van der Waals surface area contributed by atoms with Crippen molar-refractivity contribution in [1.29, 1.82) is 0 Å². The van der Waals surface area contributed by atoms with Crippen LogP contribution in [0.25, 0.3) is 0 Å². The zero-order valence-electron chi connectivity index (χ0n) is 21.6. The Hall–Kier alpha value is -3.30. The van der Waals surface area contributed by atoms with E-state index in [2.05, 4.69) is 10.3 Å². The molecule has 2 aromatic carbocycles. The van der Waals surface area contributed by atoms with Gasteiger partial charge in [-0.25, -0.2) is 40.1 Å². The van der Waals surface area contributed by atoms with E-state index in [9.17, 15) is 22.0 Å². The highest BCUT2D eigenvalue weighted by Crippen LogP contribution is 2.33. The van der Waals surface area contributed by atoms with Gasteiger partial charge in [0.15, 0.2) is 22.3 Å². The second-order valence-corrected chi connectivity index (χ2v) is 12.4. The van der Waals surface area contributed by atoms with E-state index in [0.29, 0.717) is 19.2 Å². The smallest absolute Gasteiger partial charge is 0.430 e. The molecular weight excluding hydrogens is 579 g/mol. The molecule has 1 N–H and O–H groups in total. The van der Waals surface area contributed by atoms with Gasteiger partial charge in [0.25, 0.3) is 10.0 Å². The number of likely N-dealkylation sites (tertiary alicyclic amines) is 1. The fraction of sp³-hybridized carbons (Fsp3) is 0.360. The zero-order valence-corrected chi connectivity index (χ0v) is 23.2. The maximum absolute atomic E-state index is 15.2. The zero-order chi connectivity index (χ0) is 29.4. The Bertz CT molecular complexity index is 1530. The third kappa shape index (κ3) is 6.05. The lowest BCUT2D eigenvalue weighted by Crippen LogP contribution is -2.42. The number of ether oxygens (including phenoxy) is 1. The Labute approximate surface area is 231 Å². The van der Waals surface area contributed by atoms with Gasteiger partial charge in [0.1, 0.15) is 23.1 Å². The summed E-state index contributed by atoms with van der Waals surface area (Å²) in [6, 6.07) is 2.18. The summed E-state index contributed by atoms with van der Waals surface area (Å²) in [5.74, 6) is -7.73. The van der Waals surface area contributed by atoms with E-state index >= 15 is 13.2 Å². The Balaban J connectivity index is 1.69. The summed E-state index contributed by atoms with van der Waals surface area (Å²) >= 11 is 0.888. The van der Waals surface area contributed by atoms with Crippen LogP contribution in [0.1, 0.15) is 38.3 Å². The standard InChI is InChI=1S/C25H25F5N4O4S2/c1-25(2,3)38-24(35)34(20-12-39-13-32-20)40(36,37)23-18(28)9-19(21(29)22(23)30)31-10-14-15(11-33-7-4-8-33)17(27)6-5-16(14)26/h5-6,9,12-13,31H,4,7-8,10-11H2,1-3H3. The van der Waals surface area contributed by atoms with Gasteiger partial charge in [-0.05, 0) is 52.4 Å². The normalized spacial score (nSPS) is 14.1. The van der Waals surface area contributed by atoms with Crippen molar-refractivity contribution in [1.82, 2.24) is 9.88 Å². The summed E-state index contributed by atoms with van der Waals surface area (Å²) in [7, 11) is -5.42. The fourth-order valence-electron chi connectivity index (χ4n) is 3.90. The molecule has 216 valence electrons. The number of rotatable bonds is 8. The first kappa shape index (κ1) is 29.7. The van der Waals surface area contributed by atoms with Crippen LogP contribution in [0, 0.1) is 29.1 Å². The lowest BCUT2D eigenvalue weighted by Gasteiger charge is -2.31. The minimum atomic E-state index is -5.42. The molecule has 8 nitrogen and oxygen atoms in total. The summed E-state index contributed by atoms with van der Waals surface area (Å²) in [5, 5.41) is 3.45. The third-order valence-electron chi connectivity index (χ3n) is 5.90. The van der Waals surface area contributed by atoms with Gasteiger partial charge < -0.3 is 10.1 Å². The number of sulfonamides is 1. The van der Waals surface area contributed by atoms with Gasteiger partial charge in [-0.15, -0.1) is 15.6 Å². The van der Waals surface area contributed by atoms with Crippen LogP contribution in [-0.2, 0) is 27.8 Å². The van der Waals surface area contributed by atoms with Gasteiger partial charge in [-0.2, -0.15) is 0 Å². The van der Waals surface area contributed by atoms with E-state index in [-0.39, 0.29) is 22.0 Å². The van der Waals surface area contributed by atoms with Crippen molar-refractivity contribution in [3.05, 3.63) is 69.3 Å². The molecule has 15 heteroatoms. The van der Waals surface area contributed by atoms with Crippen LogP contribution in [0.2, 0.25) is 0 Å². The molecule has 1 fully saturated rings. The molecule has 1 aromatic heterocycles. The second kappa shape index (κ2) is 11.3. The fourth-order valence-corrected chi connectivity index (χ4v) is 5.87. The molecule has 4 rings (SSSR count). The number of aromatic nitrogens is 1. The van der Waals surface area contributed by atoms with E-state index in [1.165, 1.54) is 26.3 Å². The topological polar surface area (TPSA) is 91.8 Å². The van der Waals surface area contributed by atoms with Crippen LogP contribution in [0.4, 0.5) is 38.3 Å². The van der Waals surface area contributed by atoms with E-state index in [4.69, 9.17) is 4.74 Å². The number of nitrogens with zero attached hydrogens (tertiary/aromatic N) is 3. The van der Waals surface area contributed by atoms with Gasteiger partial charge in [0.2, 0.25) is 0 Å². The highest BCUT2D eigenvalue weighted by molar-refractivity contribution is 7.93. The number of carbonyl (C=O) groups is 1. The molecule has 40 heavy (non-hydrogen) atoms. The van der Waals surface area contributed by atoms with Gasteiger partial charge in [-0.3, -0.25) is 4.90 Å². The molecule has 2 heterocycles. The van der Waals surface area contributed by atoms with Gasteiger partial charge in [0, 0.05) is 35.7 Å². The minimum absolute atomic E-state index is 0.00372. The molecule has 1 saturated heterocycles. The van der Waals surface area contributed by atoms with Crippen LogP contribution in [0.3, 0.4) is 0 Å². The van der Waals surface area contributed by atoms with Crippen molar-refractivity contribution < 1.29 is 39.9 Å². The highest BCUT2D eigenvalue weighted by Gasteiger charge is 2.41. The molecule has 0 spiro atoms. The third-order valence-corrected chi connectivity index (χ3v) is 8.19. The van der Waals surface area contributed by atoms with Crippen molar-refractivity contribution in [2.75, 3.05) is 22.7 Å². The maximum Gasteiger partial charge on any atom is 0.430 e. The lowest BCUT2D eigenvalue weighted by atomic mass is 10.0. The summed E-state index contributed by atoms with van der Waals surface area (Å²) in [6.45, 7) is 5.21. The second-order valence-electron chi connectivity index (χ2n) is 9.93. The summed E-state index contributed by atoms with van der Waals surface area (Å²) in [5.41, 5.74) is -1.04. The SMILES string of the molecule is CC(C)(C)OC(=O)N(c1cscn1)S(=O)(=O)c1c(F)cc(NCc2c(F)ccc(F)c2CN2CCC2)c(F)c1F. The molecule has 3 aromatic rings. The Morgan fingerprint density at radius 2 is 1.73 bits per heavy atom. The van der Waals surface area contributed by atoms with Gasteiger partial charge in [0.05, 0.1) is 11.2 Å². The van der Waals surface area contributed by atoms with Crippen molar-refractivity contribution >= 4 is 39.0 Å². The predicted molar refractivity (Wildman–Crippen MR) is 138 cm³/mol. The molecule has 1 aliphatic heterocycles. The molecular formula is C25H25F5N4O4S2. The average molecular weight is 605 g/mol. The molecule has 0 bridgehead atoms. The van der Waals surface area contributed by atoms with Crippen LogP contribution < -0.4 is 9.62 Å². The van der Waals surface area contributed by atoms with Crippen LogP contribution >= 0.6 is 11.3 Å². The van der Waals surface area contributed by atoms with Crippen molar-refractivity contribution in [2.45, 2.75) is 50.8 Å². The summed E-state index contributed by atoms with van der Waals surface area (Å²) in [4.78, 5) is 16.6. The van der Waals surface area contributed by atoms with Crippen molar-refractivity contribution in [3.63, 3.8) is 0 Å². The average Bonchev–Trinajstić information content (AvgIpc) is 3.33. The first-order valence-corrected chi connectivity index (χ1v) is 14.3. The maximum atomic E-state index is 15.2. The van der Waals surface area contributed by atoms with Crippen molar-refractivity contribution in [2.24, 2.45) is 0 Å². The number of hydrogen-bond donors (Lipinski definition) is 1. The number of thiazole rings is 1. The van der Waals surface area contributed by atoms with Crippen LogP contribution in [0.5, 0.6) is 0 Å². The lowest BCUT2D eigenvalue weighted by molar-refractivity contribution is 0.0608. The largest absolute Gasteiger partial charge is 0.443 e. The summed E-state index contributed by atoms with van der Waals surface area (Å²) < 4.78 is 106. The Kier molecular flexibility index (Phi) is 8.38. The van der Waals surface area contributed by atoms with E-state index in [1.54, 1.807) is 0 Å². The molecule has 0 saturated carbocycles. The van der Waals surface area contributed by atoms with E-state index < -0.39 is 73.7 Å². The first-order chi connectivity index (χ1) is 18.7. The van der Waals surface area contributed by atoms with Crippen molar-refractivity contribution in [3.8, 4) is 0 Å².